The van der Waals surface area contributed by atoms with Gasteiger partial charge in [0.15, 0.2) is 9.84 Å². The zero-order valence-corrected chi connectivity index (χ0v) is 12.3. The van der Waals surface area contributed by atoms with Crippen LogP contribution in [-0.2, 0) is 19.9 Å². The van der Waals surface area contributed by atoms with Gasteiger partial charge in [-0.25, -0.2) is 21.6 Å². The molecule has 5 nitrogen and oxygen atoms in total. The van der Waals surface area contributed by atoms with Gasteiger partial charge in [-0.1, -0.05) is 18.2 Å². The highest BCUT2D eigenvalue weighted by molar-refractivity contribution is 7.91. The third-order valence-corrected chi connectivity index (χ3v) is 6.69. The molecule has 0 aliphatic carbocycles. The minimum absolute atomic E-state index is 0.0727. The normalized spacial score (nSPS) is 22.5. The smallest absolute Gasteiger partial charge is 0.229 e. The molecule has 106 valence electrons. The molecule has 0 aromatic heterocycles. The van der Waals surface area contributed by atoms with Crippen molar-refractivity contribution in [1.29, 1.82) is 0 Å². The van der Waals surface area contributed by atoms with Gasteiger partial charge in [0.2, 0.25) is 10.0 Å². The Labute approximate surface area is 114 Å². The molecule has 1 N–H and O–H groups in total. The van der Waals surface area contributed by atoms with Crippen LogP contribution in [0.2, 0.25) is 0 Å². The molecule has 0 spiro atoms. The van der Waals surface area contributed by atoms with E-state index >= 15 is 0 Å². The Morgan fingerprint density at radius 1 is 1.32 bits per heavy atom. The van der Waals surface area contributed by atoms with Gasteiger partial charge in [-0.3, -0.25) is 0 Å². The SMILES string of the molecule is Cc1ccccc1S(=O)(=O)NCC1CCS(=O)(=O)C1. The third kappa shape index (κ3) is 3.55. The first-order valence-corrected chi connectivity index (χ1v) is 9.36. The monoisotopic (exact) mass is 303 g/mol. The first kappa shape index (κ1) is 14.5. The maximum atomic E-state index is 12.1. The molecule has 0 radical (unpaired) electrons. The van der Waals surface area contributed by atoms with E-state index in [4.69, 9.17) is 0 Å². The van der Waals surface area contributed by atoms with Gasteiger partial charge in [0.25, 0.3) is 0 Å². The molecule has 1 aromatic rings. The molecule has 0 saturated carbocycles. The summed E-state index contributed by atoms with van der Waals surface area (Å²) in [5.41, 5.74) is 0.675. The lowest BCUT2D eigenvalue weighted by Crippen LogP contribution is -2.30. The fraction of sp³-hybridized carbons (Fsp3) is 0.500. The first-order chi connectivity index (χ1) is 8.80. The number of hydrogen-bond acceptors (Lipinski definition) is 4. The third-order valence-electron chi connectivity index (χ3n) is 3.27. The molecule has 1 heterocycles. The van der Waals surface area contributed by atoms with Crippen molar-refractivity contribution in [3.8, 4) is 0 Å². The van der Waals surface area contributed by atoms with Crippen molar-refractivity contribution in [2.24, 2.45) is 5.92 Å². The summed E-state index contributed by atoms with van der Waals surface area (Å²) < 4.78 is 49.3. The quantitative estimate of drug-likeness (QED) is 0.888. The van der Waals surface area contributed by atoms with E-state index in [0.29, 0.717) is 12.0 Å². The number of sulfone groups is 1. The van der Waals surface area contributed by atoms with Gasteiger partial charge >= 0.3 is 0 Å². The molecule has 7 heteroatoms. The summed E-state index contributed by atoms with van der Waals surface area (Å²) in [4.78, 5) is 0.246. The number of aryl methyl sites for hydroxylation is 1. The number of benzene rings is 1. The number of hydrogen-bond donors (Lipinski definition) is 1. The molecule has 1 aromatic carbocycles. The first-order valence-electron chi connectivity index (χ1n) is 6.06. The average Bonchev–Trinajstić information content (AvgIpc) is 2.67. The summed E-state index contributed by atoms with van der Waals surface area (Å²) in [5.74, 6) is 0.108. The van der Waals surface area contributed by atoms with Crippen molar-refractivity contribution in [1.82, 2.24) is 4.72 Å². The van der Waals surface area contributed by atoms with E-state index < -0.39 is 19.9 Å². The van der Waals surface area contributed by atoms with Crippen molar-refractivity contribution >= 4 is 19.9 Å². The Hall–Kier alpha value is -0.920. The summed E-state index contributed by atoms with van der Waals surface area (Å²) in [6.45, 7) is 1.91. The van der Waals surface area contributed by atoms with Crippen LogP contribution in [0.15, 0.2) is 29.2 Å². The van der Waals surface area contributed by atoms with E-state index in [1.165, 1.54) is 0 Å². The molecule has 19 heavy (non-hydrogen) atoms. The van der Waals surface area contributed by atoms with E-state index in [9.17, 15) is 16.8 Å². The van der Waals surface area contributed by atoms with Gasteiger partial charge in [-0.05, 0) is 30.9 Å². The topological polar surface area (TPSA) is 80.3 Å². The van der Waals surface area contributed by atoms with Crippen LogP contribution in [0.1, 0.15) is 12.0 Å². The lowest BCUT2D eigenvalue weighted by Gasteiger charge is -2.11. The minimum atomic E-state index is -3.56. The highest BCUT2D eigenvalue weighted by Crippen LogP contribution is 2.19. The molecule has 1 aliphatic heterocycles. The van der Waals surface area contributed by atoms with Gasteiger partial charge in [-0.2, -0.15) is 0 Å². The van der Waals surface area contributed by atoms with E-state index in [0.717, 1.165) is 0 Å². The number of rotatable bonds is 4. The summed E-state index contributed by atoms with van der Waals surface area (Å²) in [5, 5.41) is 0. The molecule has 0 amide bonds. The zero-order valence-electron chi connectivity index (χ0n) is 10.7. The minimum Gasteiger partial charge on any atom is -0.229 e. The maximum Gasteiger partial charge on any atom is 0.240 e. The van der Waals surface area contributed by atoms with E-state index in [1.807, 2.05) is 0 Å². The van der Waals surface area contributed by atoms with Crippen LogP contribution in [0.3, 0.4) is 0 Å². The molecular weight excluding hydrogens is 286 g/mol. The average molecular weight is 303 g/mol. The Morgan fingerprint density at radius 3 is 2.58 bits per heavy atom. The highest BCUT2D eigenvalue weighted by Gasteiger charge is 2.29. The van der Waals surface area contributed by atoms with Crippen LogP contribution < -0.4 is 4.72 Å². The fourth-order valence-corrected chi connectivity index (χ4v) is 5.42. The van der Waals surface area contributed by atoms with Gasteiger partial charge in [0.05, 0.1) is 16.4 Å². The second-order valence-electron chi connectivity index (χ2n) is 4.89. The maximum absolute atomic E-state index is 12.1. The molecule has 1 saturated heterocycles. The Morgan fingerprint density at radius 2 is 2.00 bits per heavy atom. The van der Waals surface area contributed by atoms with E-state index in [2.05, 4.69) is 4.72 Å². The lowest BCUT2D eigenvalue weighted by molar-refractivity contribution is 0.543. The standard InChI is InChI=1S/C12H17NO4S2/c1-10-4-2-3-5-12(10)19(16,17)13-8-11-6-7-18(14,15)9-11/h2-5,11,13H,6-9H2,1H3. The van der Waals surface area contributed by atoms with E-state index in [-0.39, 0.29) is 28.9 Å². The van der Waals surface area contributed by atoms with Crippen LogP contribution in [0, 0.1) is 12.8 Å². The van der Waals surface area contributed by atoms with Crippen molar-refractivity contribution in [3.05, 3.63) is 29.8 Å². The van der Waals surface area contributed by atoms with Crippen LogP contribution in [0.4, 0.5) is 0 Å². The number of nitrogens with one attached hydrogen (secondary N) is 1. The second-order valence-corrected chi connectivity index (χ2v) is 8.85. The molecule has 1 aliphatic rings. The molecule has 1 atom stereocenters. The predicted molar refractivity (Wildman–Crippen MR) is 73.1 cm³/mol. The van der Waals surface area contributed by atoms with Gasteiger partial charge in [0, 0.05) is 6.54 Å². The Balaban J connectivity index is 2.05. The zero-order chi connectivity index (χ0) is 14.1. The fourth-order valence-electron chi connectivity index (χ4n) is 2.20. The largest absolute Gasteiger partial charge is 0.240 e. The van der Waals surface area contributed by atoms with Crippen LogP contribution in [0.5, 0.6) is 0 Å². The lowest BCUT2D eigenvalue weighted by atomic mass is 10.1. The van der Waals surface area contributed by atoms with E-state index in [1.54, 1.807) is 31.2 Å². The summed E-state index contributed by atoms with van der Waals surface area (Å²) in [6, 6.07) is 6.72. The van der Waals surface area contributed by atoms with Gasteiger partial charge < -0.3 is 0 Å². The van der Waals surface area contributed by atoms with Crippen LogP contribution in [0.25, 0.3) is 0 Å². The highest BCUT2D eigenvalue weighted by atomic mass is 32.2. The summed E-state index contributed by atoms with van der Waals surface area (Å²) in [7, 11) is -6.53. The van der Waals surface area contributed by atoms with Crippen LogP contribution >= 0.6 is 0 Å². The number of sulfonamides is 1. The van der Waals surface area contributed by atoms with Crippen molar-refractivity contribution < 1.29 is 16.8 Å². The molecular formula is C12H17NO4S2. The molecule has 0 bridgehead atoms. The van der Waals surface area contributed by atoms with Crippen LogP contribution in [-0.4, -0.2) is 34.9 Å². The molecule has 2 rings (SSSR count). The van der Waals surface area contributed by atoms with Crippen molar-refractivity contribution in [2.75, 3.05) is 18.1 Å². The van der Waals surface area contributed by atoms with Gasteiger partial charge in [-0.15, -0.1) is 0 Å². The molecule has 1 unspecified atom stereocenters. The van der Waals surface area contributed by atoms with Gasteiger partial charge in [0.1, 0.15) is 0 Å². The predicted octanol–water partition coefficient (Wildman–Crippen LogP) is 0.708. The summed E-state index contributed by atoms with van der Waals surface area (Å²) in [6.07, 6.45) is 0.526. The Kier molecular flexibility index (Phi) is 3.98. The van der Waals surface area contributed by atoms with Crippen molar-refractivity contribution in [2.45, 2.75) is 18.2 Å². The van der Waals surface area contributed by atoms with Crippen molar-refractivity contribution in [3.63, 3.8) is 0 Å². The Bertz CT molecular complexity index is 665. The molecule has 1 fully saturated rings. The summed E-state index contributed by atoms with van der Waals surface area (Å²) >= 11 is 0. The second kappa shape index (κ2) is 5.22.